The fraction of sp³-hybridized carbons (Fsp3) is 0.308. The van der Waals surface area contributed by atoms with Crippen molar-refractivity contribution in [1.82, 2.24) is 10.2 Å². The first kappa shape index (κ1) is 23.8. The maximum Gasteiger partial charge on any atom is 0.261 e. The largest absolute Gasteiger partial charge is 0.483 e. The van der Waals surface area contributed by atoms with Crippen molar-refractivity contribution in [3.8, 4) is 5.75 Å². The molecule has 0 unspecified atom stereocenters. The summed E-state index contributed by atoms with van der Waals surface area (Å²) in [5.74, 6) is 0.234. The average Bonchev–Trinajstić information content (AvgIpc) is 2.82. The summed E-state index contributed by atoms with van der Waals surface area (Å²) in [6, 6.07) is 20.9. The molecule has 0 radical (unpaired) electrons. The number of hydrogen-bond donors (Lipinski definition) is 1. The third-order valence-electron chi connectivity index (χ3n) is 5.31. The normalized spacial score (nSPS) is 11.7. The maximum atomic E-state index is 13.3. The van der Waals surface area contributed by atoms with Crippen molar-refractivity contribution in [1.29, 1.82) is 0 Å². The van der Waals surface area contributed by atoms with Gasteiger partial charge in [-0.3, -0.25) is 9.59 Å². The fourth-order valence-electron chi connectivity index (χ4n) is 3.61. The van der Waals surface area contributed by atoms with Crippen LogP contribution in [0, 0.1) is 0 Å². The van der Waals surface area contributed by atoms with Crippen molar-refractivity contribution < 1.29 is 14.3 Å². The van der Waals surface area contributed by atoms with E-state index in [0.29, 0.717) is 25.3 Å². The number of fused-ring (bicyclic) bond motifs is 1. The van der Waals surface area contributed by atoms with E-state index in [4.69, 9.17) is 4.74 Å². The van der Waals surface area contributed by atoms with Crippen LogP contribution in [0.25, 0.3) is 10.8 Å². The molecule has 1 N–H and O–H groups in total. The molecule has 5 nitrogen and oxygen atoms in total. The third kappa shape index (κ3) is 5.88. The van der Waals surface area contributed by atoms with Gasteiger partial charge in [0.1, 0.15) is 11.8 Å². The summed E-state index contributed by atoms with van der Waals surface area (Å²) < 4.78 is 6.72. The molecular weight excluding hydrogens is 468 g/mol. The van der Waals surface area contributed by atoms with Gasteiger partial charge in [0, 0.05) is 13.1 Å². The first-order valence-corrected chi connectivity index (χ1v) is 11.8. The summed E-state index contributed by atoms with van der Waals surface area (Å²) in [5, 5.41) is 5.03. The van der Waals surface area contributed by atoms with Gasteiger partial charge in [0.25, 0.3) is 5.91 Å². The summed E-state index contributed by atoms with van der Waals surface area (Å²) in [4.78, 5) is 27.7. The fourth-order valence-corrected chi connectivity index (χ4v) is 4.22. The van der Waals surface area contributed by atoms with E-state index in [1.54, 1.807) is 4.90 Å². The maximum absolute atomic E-state index is 13.3. The van der Waals surface area contributed by atoms with Crippen LogP contribution < -0.4 is 10.1 Å². The van der Waals surface area contributed by atoms with E-state index >= 15 is 0 Å². The smallest absolute Gasteiger partial charge is 0.261 e. The zero-order valence-corrected chi connectivity index (χ0v) is 20.1. The molecule has 3 rings (SSSR count). The summed E-state index contributed by atoms with van der Waals surface area (Å²) in [6.07, 6.45) is 1.36. The van der Waals surface area contributed by atoms with Crippen LogP contribution in [0.1, 0.15) is 32.3 Å². The lowest BCUT2D eigenvalue weighted by atomic mass is 10.1. The lowest BCUT2D eigenvalue weighted by Gasteiger charge is -2.30. The highest BCUT2D eigenvalue weighted by molar-refractivity contribution is 9.10. The van der Waals surface area contributed by atoms with Crippen molar-refractivity contribution in [3.63, 3.8) is 0 Å². The molecule has 0 aliphatic rings. The molecule has 3 aromatic carbocycles. The molecule has 2 amide bonds. The zero-order chi connectivity index (χ0) is 22.9. The number of halogens is 1. The molecule has 0 spiro atoms. The minimum atomic E-state index is -0.557. The van der Waals surface area contributed by atoms with E-state index in [1.807, 2.05) is 80.6 Å². The van der Waals surface area contributed by atoms with Crippen LogP contribution in [-0.2, 0) is 16.1 Å². The molecule has 0 aromatic heterocycles. The van der Waals surface area contributed by atoms with Gasteiger partial charge in [-0.05, 0) is 51.2 Å². The number of nitrogens with one attached hydrogen (secondary N) is 1. The van der Waals surface area contributed by atoms with Gasteiger partial charge >= 0.3 is 0 Å². The van der Waals surface area contributed by atoms with Crippen LogP contribution >= 0.6 is 15.9 Å². The van der Waals surface area contributed by atoms with Crippen LogP contribution in [0.2, 0.25) is 0 Å². The summed E-state index contributed by atoms with van der Waals surface area (Å²) in [7, 11) is 0. The SMILES string of the molecule is CCCNC(=O)[C@@H](CC)N(Cc1ccccc1)C(=O)COc1ccc2ccccc2c1Br. The monoisotopic (exact) mass is 496 g/mol. The Morgan fingerprint density at radius 2 is 1.72 bits per heavy atom. The van der Waals surface area contributed by atoms with Gasteiger partial charge in [0.05, 0.1) is 4.47 Å². The molecule has 0 aliphatic heterocycles. The summed E-state index contributed by atoms with van der Waals surface area (Å²) >= 11 is 3.60. The number of ether oxygens (including phenoxy) is 1. The summed E-state index contributed by atoms with van der Waals surface area (Å²) in [5.41, 5.74) is 0.967. The Morgan fingerprint density at radius 3 is 2.44 bits per heavy atom. The Balaban J connectivity index is 1.79. The lowest BCUT2D eigenvalue weighted by molar-refractivity contribution is -0.143. The van der Waals surface area contributed by atoms with Gasteiger partial charge in [-0.15, -0.1) is 0 Å². The minimum absolute atomic E-state index is 0.134. The Bertz CT molecular complexity index is 1060. The number of amides is 2. The summed E-state index contributed by atoms with van der Waals surface area (Å²) in [6.45, 7) is 4.70. The molecule has 0 saturated carbocycles. The van der Waals surface area contributed by atoms with E-state index < -0.39 is 6.04 Å². The molecule has 0 heterocycles. The molecular formula is C26H29BrN2O3. The molecule has 0 bridgehead atoms. The molecule has 1 atom stereocenters. The van der Waals surface area contributed by atoms with Crippen LogP contribution in [0.5, 0.6) is 5.75 Å². The van der Waals surface area contributed by atoms with Gasteiger partial charge in [0.15, 0.2) is 6.61 Å². The molecule has 6 heteroatoms. The van der Waals surface area contributed by atoms with Crippen LogP contribution in [0.4, 0.5) is 0 Å². The molecule has 32 heavy (non-hydrogen) atoms. The first-order chi connectivity index (χ1) is 15.5. The Hall–Kier alpha value is -2.86. The van der Waals surface area contributed by atoms with Crippen molar-refractivity contribution in [2.24, 2.45) is 0 Å². The highest BCUT2D eigenvalue weighted by Gasteiger charge is 2.28. The molecule has 0 aliphatic carbocycles. The van der Waals surface area contributed by atoms with Crippen molar-refractivity contribution in [2.45, 2.75) is 39.3 Å². The van der Waals surface area contributed by atoms with Crippen molar-refractivity contribution in [2.75, 3.05) is 13.2 Å². The topological polar surface area (TPSA) is 58.6 Å². The van der Waals surface area contributed by atoms with Gasteiger partial charge in [-0.1, -0.05) is 74.5 Å². The Labute approximate surface area is 197 Å². The van der Waals surface area contributed by atoms with E-state index in [2.05, 4.69) is 21.2 Å². The van der Waals surface area contributed by atoms with Crippen LogP contribution in [0.3, 0.4) is 0 Å². The van der Waals surface area contributed by atoms with Gasteiger partial charge in [-0.2, -0.15) is 0 Å². The van der Waals surface area contributed by atoms with E-state index in [1.165, 1.54) is 0 Å². The minimum Gasteiger partial charge on any atom is -0.483 e. The van der Waals surface area contributed by atoms with E-state index in [0.717, 1.165) is 27.2 Å². The van der Waals surface area contributed by atoms with Gasteiger partial charge in [-0.25, -0.2) is 0 Å². The van der Waals surface area contributed by atoms with E-state index in [-0.39, 0.29) is 18.4 Å². The molecule has 0 saturated heterocycles. The molecule has 0 fully saturated rings. The van der Waals surface area contributed by atoms with Crippen molar-refractivity contribution in [3.05, 3.63) is 76.8 Å². The second-order valence-electron chi connectivity index (χ2n) is 7.61. The quantitative estimate of drug-likeness (QED) is 0.413. The highest BCUT2D eigenvalue weighted by Crippen LogP contribution is 2.33. The Morgan fingerprint density at radius 1 is 1.00 bits per heavy atom. The number of nitrogens with zero attached hydrogens (tertiary/aromatic N) is 1. The van der Waals surface area contributed by atoms with E-state index in [9.17, 15) is 9.59 Å². The number of carbonyl (C=O) groups is 2. The first-order valence-electron chi connectivity index (χ1n) is 11.0. The molecule has 168 valence electrons. The van der Waals surface area contributed by atoms with Gasteiger partial charge in [0.2, 0.25) is 5.91 Å². The predicted octanol–water partition coefficient (Wildman–Crippen LogP) is 5.31. The van der Waals surface area contributed by atoms with Crippen molar-refractivity contribution >= 4 is 38.5 Å². The van der Waals surface area contributed by atoms with Crippen LogP contribution in [0.15, 0.2) is 71.2 Å². The zero-order valence-electron chi connectivity index (χ0n) is 18.5. The van der Waals surface area contributed by atoms with Gasteiger partial charge < -0.3 is 15.0 Å². The second kappa shape index (κ2) is 11.7. The highest BCUT2D eigenvalue weighted by atomic mass is 79.9. The van der Waals surface area contributed by atoms with Crippen LogP contribution in [-0.4, -0.2) is 35.9 Å². The predicted molar refractivity (Wildman–Crippen MR) is 132 cm³/mol. The lowest BCUT2D eigenvalue weighted by Crippen LogP contribution is -2.50. The Kier molecular flexibility index (Phi) is 8.68. The second-order valence-corrected chi connectivity index (χ2v) is 8.40. The number of hydrogen-bond acceptors (Lipinski definition) is 3. The third-order valence-corrected chi connectivity index (χ3v) is 6.13. The standard InChI is InChI=1S/C26H29BrN2O3/c1-3-16-28-26(31)22(4-2)29(17-19-10-6-5-7-11-19)24(30)18-32-23-15-14-20-12-8-9-13-21(20)25(23)27/h5-15,22H,3-4,16-18H2,1-2H3,(H,28,31)/t22-/m1/s1. The number of rotatable bonds is 10. The average molecular weight is 497 g/mol. The number of carbonyl (C=O) groups excluding carboxylic acids is 2. The number of benzene rings is 3. The molecule has 3 aromatic rings.